The van der Waals surface area contributed by atoms with Crippen LogP contribution in [0.4, 0.5) is 0 Å². The molecule has 1 aliphatic carbocycles. The molecule has 0 radical (unpaired) electrons. The van der Waals surface area contributed by atoms with Gasteiger partial charge >= 0.3 is 0 Å². The fourth-order valence-electron chi connectivity index (χ4n) is 4.24. The molecule has 1 aromatic carbocycles. The average molecular weight is 412 g/mol. The third-order valence-corrected chi connectivity index (χ3v) is 7.07. The Hall–Kier alpha value is -2.69. The maximum atomic E-state index is 11.5. The van der Waals surface area contributed by atoms with Crippen molar-refractivity contribution in [3.05, 3.63) is 48.5 Å². The first kappa shape index (κ1) is 18.3. The van der Waals surface area contributed by atoms with Crippen LogP contribution in [0.15, 0.2) is 47.2 Å². The topological polar surface area (TPSA) is 128 Å². The molecule has 3 aromatic rings. The second-order valence-electron chi connectivity index (χ2n) is 7.64. The Labute approximate surface area is 168 Å². The molecule has 1 atom stereocenters. The fraction of sp³-hybridized carbons (Fsp3) is 0.368. The summed E-state index contributed by atoms with van der Waals surface area (Å²) in [7, 11) is -3.62. The standard InChI is InChI=1S/C19H20N6O3S/c20-29(26,27)25-10-6-19(7-11-25)12-15(19)17-23-18(28-24-17)14-5-2-1-4-13(14)16-21-8-3-9-22-16/h1-5,8-9,15H,6-7,10-12H2,(H2,20,26,27)/t15-/m0/s1. The van der Waals surface area contributed by atoms with Crippen molar-refractivity contribution >= 4 is 10.2 Å². The van der Waals surface area contributed by atoms with Gasteiger partial charge in [0.2, 0.25) is 0 Å². The predicted octanol–water partition coefficient (Wildman–Crippen LogP) is 1.97. The van der Waals surface area contributed by atoms with Crippen LogP contribution < -0.4 is 5.14 Å². The molecule has 1 spiro atoms. The van der Waals surface area contributed by atoms with E-state index in [1.165, 1.54) is 4.31 Å². The van der Waals surface area contributed by atoms with Gasteiger partial charge in [-0.25, -0.2) is 15.1 Å². The highest BCUT2D eigenvalue weighted by molar-refractivity contribution is 7.86. The Morgan fingerprint density at radius 3 is 2.45 bits per heavy atom. The average Bonchev–Trinajstić information content (AvgIpc) is 3.20. The Kier molecular flexibility index (Phi) is 4.23. The van der Waals surface area contributed by atoms with E-state index in [9.17, 15) is 8.42 Å². The van der Waals surface area contributed by atoms with Gasteiger partial charge in [0.15, 0.2) is 11.6 Å². The van der Waals surface area contributed by atoms with Crippen molar-refractivity contribution in [2.45, 2.75) is 25.2 Å². The third kappa shape index (κ3) is 3.33. The first-order chi connectivity index (χ1) is 14.0. The second kappa shape index (κ2) is 6.68. The summed E-state index contributed by atoms with van der Waals surface area (Å²) in [6, 6.07) is 9.44. The maximum Gasteiger partial charge on any atom is 0.276 e. The minimum Gasteiger partial charge on any atom is -0.334 e. The molecular weight excluding hydrogens is 392 g/mol. The van der Waals surface area contributed by atoms with Crippen molar-refractivity contribution in [1.82, 2.24) is 24.4 Å². The SMILES string of the molecule is NS(=O)(=O)N1CCC2(CC1)C[C@H]2c1noc(-c2ccccc2-c2ncccn2)n1. The minimum absolute atomic E-state index is 0.0460. The van der Waals surface area contributed by atoms with Gasteiger partial charge in [-0.1, -0.05) is 23.4 Å². The van der Waals surface area contributed by atoms with Crippen LogP contribution in [0.2, 0.25) is 0 Å². The number of hydrogen-bond donors (Lipinski definition) is 1. The molecular formula is C19H20N6O3S. The summed E-state index contributed by atoms with van der Waals surface area (Å²) in [6.45, 7) is 0.877. The highest BCUT2D eigenvalue weighted by Gasteiger charge is 2.58. The van der Waals surface area contributed by atoms with Crippen LogP contribution >= 0.6 is 0 Å². The number of nitrogens with two attached hydrogens (primary N) is 1. The van der Waals surface area contributed by atoms with Gasteiger partial charge in [0.1, 0.15) is 0 Å². The van der Waals surface area contributed by atoms with E-state index in [1.54, 1.807) is 18.5 Å². The highest BCUT2D eigenvalue weighted by atomic mass is 32.2. The molecule has 2 aromatic heterocycles. The molecule has 1 aliphatic heterocycles. The molecule has 150 valence electrons. The smallest absolute Gasteiger partial charge is 0.276 e. The van der Waals surface area contributed by atoms with Crippen LogP contribution in [0.1, 0.15) is 31.0 Å². The number of aromatic nitrogens is 4. The zero-order valence-corrected chi connectivity index (χ0v) is 16.4. The van der Waals surface area contributed by atoms with E-state index < -0.39 is 10.2 Å². The molecule has 10 heteroatoms. The minimum atomic E-state index is -3.62. The molecule has 0 bridgehead atoms. The zero-order valence-electron chi connectivity index (χ0n) is 15.6. The van der Waals surface area contributed by atoms with Gasteiger partial charge in [-0.2, -0.15) is 17.7 Å². The lowest BCUT2D eigenvalue weighted by molar-refractivity contribution is 0.249. The lowest BCUT2D eigenvalue weighted by Gasteiger charge is -2.30. The van der Waals surface area contributed by atoms with Crippen molar-refractivity contribution in [2.24, 2.45) is 10.6 Å². The Balaban J connectivity index is 1.37. The van der Waals surface area contributed by atoms with Crippen molar-refractivity contribution in [3.8, 4) is 22.8 Å². The van der Waals surface area contributed by atoms with Gasteiger partial charge < -0.3 is 4.52 Å². The molecule has 2 fully saturated rings. The van der Waals surface area contributed by atoms with E-state index in [1.807, 2.05) is 24.3 Å². The van der Waals surface area contributed by atoms with Gasteiger partial charge in [0, 0.05) is 37.0 Å². The van der Waals surface area contributed by atoms with Crippen LogP contribution in [0.5, 0.6) is 0 Å². The van der Waals surface area contributed by atoms with Crippen LogP contribution in [-0.4, -0.2) is 45.9 Å². The van der Waals surface area contributed by atoms with Crippen molar-refractivity contribution < 1.29 is 12.9 Å². The molecule has 29 heavy (non-hydrogen) atoms. The fourth-order valence-corrected chi connectivity index (χ4v) is 4.93. The quantitative estimate of drug-likeness (QED) is 0.693. The lowest BCUT2D eigenvalue weighted by atomic mass is 9.92. The van der Waals surface area contributed by atoms with Crippen molar-refractivity contribution in [2.75, 3.05) is 13.1 Å². The van der Waals surface area contributed by atoms with Gasteiger partial charge in [-0.15, -0.1) is 0 Å². The van der Waals surface area contributed by atoms with Gasteiger partial charge in [0.25, 0.3) is 16.1 Å². The first-order valence-electron chi connectivity index (χ1n) is 9.45. The number of rotatable bonds is 4. The van der Waals surface area contributed by atoms with Crippen LogP contribution in [0, 0.1) is 5.41 Å². The van der Waals surface area contributed by atoms with E-state index >= 15 is 0 Å². The summed E-state index contributed by atoms with van der Waals surface area (Å²) in [4.78, 5) is 13.3. The molecule has 2 aliphatic rings. The van der Waals surface area contributed by atoms with E-state index in [-0.39, 0.29) is 11.3 Å². The first-order valence-corrected chi connectivity index (χ1v) is 10.9. The largest absolute Gasteiger partial charge is 0.334 e. The summed E-state index contributed by atoms with van der Waals surface area (Å²) in [5.74, 6) is 1.89. The summed E-state index contributed by atoms with van der Waals surface area (Å²) in [6.07, 6.45) is 5.84. The van der Waals surface area contributed by atoms with E-state index in [4.69, 9.17) is 9.66 Å². The Bertz CT molecular complexity index is 1140. The zero-order chi connectivity index (χ0) is 20.1. The Morgan fingerprint density at radius 2 is 1.76 bits per heavy atom. The van der Waals surface area contributed by atoms with Crippen molar-refractivity contribution in [3.63, 3.8) is 0 Å². The van der Waals surface area contributed by atoms with E-state index in [0.717, 1.165) is 30.4 Å². The normalized spacial score (nSPS) is 21.3. The summed E-state index contributed by atoms with van der Waals surface area (Å²) < 4.78 is 30.0. The van der Waals surface area contributed by atoms with E-state index in [2.05, 4.69) is 20.1 Å². The Morgan fingerprint density at radius 1 is 1.07 bits per heavy atom. The van der Waals surface area contributed by atoms with Crippen LogP contribution in [0.25, 0.3) is 22.8 Å². The number of hydrogen-bond acceptors (Lipinski definition) is 7. The summed E-state index contributed by atoms with van der Waals surface area (Å²) in [5, 5.41) is 9.47. The molecule has 9 nitrogen and oxygen atoms in total. The third-order valence-electron chi connectivity index (χ3n) is 5.99. The highest BCUT2D eigenvalue weighted by Crippen LogP contribution is 2.64. The van der Waals surface area contributed by atoms with E-state index in [0.29, 0.717) is 30.6 Å². The van der Waals surface area contributed by atoms with Crippen LogP contribution in [0.3, 0.4) is 0 Å². The van der Waals surface area contributed by atoms with Gasteiger partial charge in [0.05, 0.1) is 5.56 Å². The molecule has 1 saturated carbocycles. The monoisotopic (exact) mass is 412 g/mol. The number of piperidine rings is 1. The van der Waals surface area contributed by atoms with Crippen LogP contribution in [-0.2, 0) is 10.2 Å². The summed E-state index contributed by atoms with van der Waals surface area (Å²) >= 11 is 0. The molecule has 3 heterocycles. The van der Waals surface area contributed by atoms with Gasteiger partial charge in [-0.3, -0.25) is 0 Å². The molecule has 1 saturated heterocycles. The number of nitrogens with zero attached hydrogens (tertiary/aromatic N) is 5. The summed E-state index contributed by atoms with van der Waals surface area (Å²) in [5.41, 5.74) is 1.66. The maximum absolute atomic E-state index is 11.5. The van der Waals surface area contributed by atoms with Gasteiger partial charge in [-0.05, 0) is 36.8 Å². The number of benzene rings is 1. The molecule has 2 N–H and O–H groups in total. The lowest BCUT2D eigenvalue weighted by Crippen LogP contribution is -2.43. The molecule has 5 rings (SSSR count). The van der Waals surface area contributed by atoms with Crippen molar-refractivity contribution in [1.29, 1.82) is 0 Å². The second-order valence-corrected chi connectivity index (χ2v) is 9.19. The molecule has 0 amide bonds. The predicted molar refractivity (Wildman–Crippen MR) is 104 cm³/mol. The molecule has 0 unspecified atom stereocenters.